The van der Waals surface area contributed by atoms with Crippen LogP contribution in [0, 0.1) is 11.6 Å². The Hall–Kier alpha value is -3.96. The van der Waals surface area contributed by atoms with Gasteiger partial charge in [-0.3, -0.25) is 9.78 Å². The maximum atomic E-state index is 14.2. The first-order chi connectivity index (χ1) is 16.1. The third kappa shape index (κ3) is 4.18. The van der Waals surface area contributed by atoms with Gasteiger partial charge < -0.3 is 26.0 Å². The first-order valence-corrected chi connectivity index (χ1v) is 10.2. The van der Waals surface area contributed by atoms with E-state index in [-0.39, 0.29) is 28.7 Å². The Bertz CT molecular complexity index is 1280. The van der Waals surface area contributed by atoms with Crippen molar-refractivity contribution in [3.05, 3.63) is 71.8 Å². The van der Waals surface area contributed by atoms with Crippen LogP contribution in [-0.2, 0) is 4.74 Å². The van der Waals surface area contributed by atoms with Crippen LogP contribution in [-0.4, -0.2) is 48.9 Å². The summed E-state index contributed by atoms with van der Waals surface area (Å²) in [5, 5.41) is 23.3. The molecule has 0 bridgehead atoms. The molecule has 0 saturated heterocycles. The van der Waals surface area contributed by atoms with Crippen LogP contribution in [0.4, 0.5) is 20.2 Å². The molecular formula is C23H21F2N5O4. The molecule has 3 heterocycles. The Balaban J connectivity index is 1.68. The lowest BCUT2D eigenvalue weighted by Gasteiger charge is -2.38. The highest BCUT2D eigenvalue weighted by atomic mass is 19.1. The van der Waals surface area contributed by atoms with Crippen molar-refractivity contribution >= 4 is 23.0 Å². The average Bonchev–Trinajstić information content (AvgIpc) is 2.78. The molecule has 0 spiro atoms. The zero-order chi connectivity index (χ0) is 24.6. The Morgan fingerprint density at radius 2 is 1.94 bits per heavy atom. The number of nitrogens with one attached hydrogen (secondary N) is 1. The fraction of sp³-hybridized carbons (Fsp3) is 0.217. The number of benzene rings is 1. The van der Waals surface area contributed by atoms with Crippen LogP contribution >= 0.6 is 0 Å². The molecule has 5 N–H and O–H groups in total. The molecule has 4 rings (SSSR count). The van der Waals surface area contributed by atoms with Gasteiger partial charge in [0.1, 0.15) is 35.2 Å². The molecule has 1 aliphatic rings. The number of nitrogen functional groups attached to an aromatic ring is 1. The number of pyridine rings is 1. The van der Waals surface area contributed by atoms with E-state index in [2.05, 4.69) is 20.3 Å². The number of hydrogen-bond donors (Lipinski definition) is 4. The van der Waals surface area contributed by atoms with Crippen LogP contribution in [0.2, 0.25) is 0 Å². The summed E-state index contributed by atoms with van der Waals surface area (Å²) >= 11 is 0. The number of halogens is 2. The van der Waals surface area contributed by atoms with Gasteiger partial charge in [-0.2, -0.15) is 0 Å². The number of nitrogens with zero attached hydrogens (tertiary/aromatic N) is 3. The van der Waals surface area contributed by atoms with E-state index in [0.29, 0.717) is 5.56 Å². The molecule has 0 fully saturated rings. The van der Waals surface area contributed by atoms with Crippen molar-refractivity contribution in [1.82, 2.24) is 15.0 Å². The molecule has 2 aromatic heterocycles. The van der Waals surface area contributed by atoms with E-state index in [4.69, 9.17) is 10.5 Å². The summed E-state index contributed by atoms with van der Waals surface area (Å²) in [6.07, 6.45) is 3.23. The second-order valence-electron chi connectivity index (χ2n) is 7.93. The minimum absolute atomic E-state index is 0.114. The molecule has 0 radical (unpaired) electrons. The minimum Gasteiger partial charge on any atom is -0.487 e. The van der Waals surface area contributed by atoms with Crippen LogP contribution in [0.5, 0.6) is 0 Å². The highest BCUT2D eigenvalue weighted by Crippen LogP contribution is 2.34. The predicted molar refractivity (Wildman–Crippen MR) is 119 cm³/mol. The molecule has 0 saturated carbocycles. The molecular weight excluding hydrogens is 448 g/mol. The van der Waals surface area contributed by atoms with Crippen molar-refractivity contribution in [2.24, 2.45) is 0 Å². The second kappa shape index (κ2) is 8.76. The Kier molecular flexibility index (Phi) is 5.98. The normalized spacial score (nSPS) is 22.0. The van der Waals surface area contributed by atoms with Gasteiger partial charge in [-0.05, 0) is 38.1 Å². The number of anilines is 2. The lowest BCUT2D eigenvalue weighted by atomic mass is 9.89. The minimum atomic E-state index is -1.51. The third-order valence-corrected chi connectivity index (χ3v) is 5.59. The predicted octanol–water partition coefficient (Wildman–Crippen LogP) is 2.52. The molecule has 1 amide bonds. The van der Waals surface area contributed by atoms with Crippen molar-refractivity contribution < 1.29 is 28.5 Å². The number of hydrogen-bond acceptors (Lipinski definition) is 8. The van der Waals surface area contributed by atoms with E-state index in [0.717, 1.165) is 18.3 Å². The second-order valence-corrected chi connectivity index (χ2v) is 7.93. The SMILES string of the molecule is C[C@H]1OC(c2ccncc2NC(=O)c2nc(-c3c(F)cccc3F)ncc2N)=C[C@@H](O)[C@]1(C)O. The van der Waals surface area contributed by atoms with Crippen molar-refractivity contribution in [3.63, 3.8) is 0 Å². The molecule has 9 nitrogen and oxygen atoms in total. The highest BCUT2D eigenvalue weighted by molar-refractivity contribution is 6.07. The van der Waals surface area contributed by atoms with E-state index in [9.17, 15) is 23.8 Å². The van der Waals surface area contributed by atoms with E-state index >= 15 is 0 Å². The van der Waals surface area contributed by atoms with Gasteiger partial charge in [0, 0.05) is 11.8 Å². The van der Waals surface area contributed by atoms with E-state index in [1.54, 1.807) is 13.0 Å². The van der Waals surface area contributed by atoms with Gasteiger partial charge in [0.2, 0.25) is 0 Å². The Morgan fingerprint density at radius 1 is 1.24 bits per heavy atom. The standard InChI is InChI=1S/C23H21F2N5O4/c1-11-23(2,33)18(31)8-17(34-11)12-6-7-27-10-16(12)29-22(32)20-15(26)9-28-21(30-20)19-13(24)4-3-5-14(19)25/h3-11,18,31,33H,26H2,1-2H3,(H,29,32)/t11-,18-,23-/m1/s1. The first-order valence-electron chi connectivity index (χ1n) is 10.2. The summed E-state index contributed by atoms with van der Waals surface area (Å²) in [6.45, 7) is 3.04. The van der Waals surface area contributed by atoms with Crippen LogP contribution in [0.1, 0.15) is 29.9 Å². The number of aliphatic hydroxyl groups excluding tert-OH is 1. The summed E-state index contributed by atoms with van der Waals surface area (Å²) in [7, 11) is 0. The molecule has 11 heteroatoms. The van der Waals surface area contributed by atoms with Gasteiger partial charge in [-0.1, -0.05) is 6.07 Å². The molecule has 1 aliphatic heterocycles. The Labute approximate surface area is 193 Å². The number of rotatable bonds is 4. The lowest BCUT2D eigenvalue weighted by Crippen LogP contribution is -2.51. The average molecular weight is 469 g/mol. The topological polar surface area (TPSA) is 143 Å². The number of ether oxygens (including phenoxy) is 1. The van der Waals surface area contributed by atoms with E-state index in [1.165, 1.54) is 31.5 Å². The zero-order valence-corrected chi connectivity index (χ0v) is 18.2. The number of aromatic nitrogens is 3. The van der Waals surface area contributed by atoms with E-state index in [1.807, 2.05) is 0 Å². The Morgan fingerprint density at radius 3 is 2.62 bits per heavy atom. The molecule has 3 aromatic rings. The summed E-state index contributed by atoms with van der Waals surface area (Å²) in [4.78, 5) is 24.8. The highest BCUT2D eigenvalue weighted by Gasteiger charge is 2.41. The smallest absolute Gasteiger partial charge is 0.276 e. The molecule has 0 unspecified atom stereocenters. The maximum absolute atomic E-state index is 14.2. The summed E-state index contributed by atoms with van der Waals surface area (Å²) in [6, 6.07) is 4.83. The molecule has 1 aromatic carbocycles. The van der Waals surface area contributed by atoms with Crippen molar-refractivity contribution in [3.8, 4) is 11.4 Å². The van der Waals surface area contributed by atoms with Crippen LogP contribution in [0.25, 0.3) is 17.1 Å². The van der Waals surface area contributed by atoms with Gasteiger partial charge >= 0.3 is 0 Å². The van der Waals surface area contributed by atoms with Gasteiger partial charge in [0.05, 0.1) is 29.3 Å². The largest absolute Gasteiger partial charge is 0.487 e. The number of carbonyl (C=O) groups is 1. The third-order valence-electron chi connectivity index (χ3n) is 5.59. The van der Waals surface area contributed by atoms with Gasteiger partial charge in [-0.15, -0.1) is 0 Å². The lowest BCUT2D eigenvalue weighted by molar-refractivity contribution is -0.121. The zero-order valence-electron chi connectivity index (χ0n) is 18.2. The van der Waals surface area contributed by atoms with Crippen LogP contribution < -0.4 is 11.1 Å². The van der Waals surface area contributed by atoms with Crippen molar-refractivity contribution in [1.29, 1.82) is 0 Å². The number of carbonyl (C=O) groups excluding carboxylic acids is 1. The maximum Gasteiger partial charge on any atom is 0.276 e. The van der Waals surface area contributed by atoms with Gasteiger partial charge in [-0.25, -0.2) is 18.7 Å². The van der Waals surface area contributed by atoms with E-state index < -0.39 is 40.9 Å². The van der Waals surface area contributed by atoms with Crippen LogP contribution in [0.15, 0.2) is 48.9 Å². The number of nitrogens with two attached hydrogens (primary N) is 1. The molecule has 3 atom stereocenters. The number of aliphatic hydroxyl groups is 2. The number of amides is 1. The monoisotopic (exact) mass is 469 g/mol. The quantitative estimate of drug-likeness (QED) is 0.456. The van der Waals surface area contributed by atoms with Gasteiger partial charge in [0.15, 0.2) is 11.5 Å². The molecule has 176 valence electrons. The van der Waals surface area contributed by atoms with Gasteiger partial charge in [0.25, 0.3) is 5.91 Å². The van der Waals surface area contributed by atoms with Crippen molar-refractivity contribution in [2.75, 3.05) is 11.1 Å². The van der Waals surface area contributed by atoms with Crippen LogP contribution in [0.3, 0.4) is 0 Å². The summed E-state index contributed by atoms with van der Waals surface area (Å²) < 4.78 is 34.1. The molecule has 34 heavy (non-hydrogen) atoms. The first kappa shape index (κ1) is 23.2. The molecule has 0 aliphatic carbocycles. The fourth-order valence-electron chi connectivity index (χ4n) is 3.35. The summed E-state index contributed by atoms with van der Waals surface area (Å²) in [5.74, 6) is -2.71. The summed E-state index contributed by atoms with van der Waals surface area (Å²) in [5.41, 5.74) is 4.00. The fourth-order valence-corrected chi connectivity index (χ4v) is 3.35. The van der Waals surface area contributed by atoms with Crippen molar-refractivity contribution in [2.45, 2.75) is 31.7 Å².